The van der Waals surface area contributed by atoms with Crippen molar-refractivity contribution in [1.82, 2.24) is 14.7 Å². The topological polar surface area (TPSA) is 75.4 Å². The second kappa shape index (κ2) is 7.06. The highest BCUT2D eigenvalue weighted by Gasteiger charge is 2.33. The van der Waals surface area contributed by atoms with Crippen LogP contribution in [0.25, 0.3) is 5.69 Å². The fourth-order valence-corrected chi connectivity index (χ4v) is 3.24. The van der Waals surface area contributed by atoms with Crippen molar-refractivity contribution in [2.24, 2.45) is 5.92 Å². The maximum absolute atomic E-state index is 12.8. The van der Waals surface area contributed by atoms with Gasteiger partial charge in [0.2, 0.25) is 0 Å². The van der Waals surface area contributed by atoms with Crippen molar-refractivity contribution < 1.29 is 14.7 Å². The molecule has 3 rings (SSSR count). The van der Waals surface area contributed by atoms with Crippen LogP contribution in [0.5, 0.6) is 0 Å². The number of piperidine rings is 1. The molecular formula is C17H17Cl2N3O3. The number of aliphatic carboxylic acids is 1. The molecule has 0 aliphatic carbocycles. The molecule has 132 valence electrons. The summed E-state index contributed by atoms with van der Waals surface area (Å²) in [5.41, 5.74) is 0.951. The van der Waals surface area contributed by atoms with E-state index in [0.717, 1.165) is 0 Å². The summed E-state index contributed by atoms with van der Waals surface area (Å²) < 4.78 is 1.54. The van der Waals surface area contributed by atoms with Crippen LogP contribution in [0, 0.1) is 5.92 Å². The molecule has 2 unspecified atom stereocenters. The number of nitrogens with zero attached hydrogens (tertiary/aromatic N) is 3. The van der Waals surface area contributed by atoms with Gasteiger partial charge < -0.3 is 10.0 Å². The lowest BCUT2D eigenvalue weighted by Crippen LogP contribution is -2.47. The van der Waals surface area contributed by atoms with Gasteiger partial charge in [0, 0.05) is 18.8 Å². The second-order valence-corrected chi connectivity index (χ2v) is 6.98. The Bertz CT molecular complexity index is 821. The van der Waals surface area contributed by atoms with Crippen LogP contribution in [0.1, 0.15) is 30.3 Å². The number of likely N-dealkylation sites (tertiary alicyclic amines) is 1. The summed E-state index contributed by atoms with van der Waals surface area (Å²) in [5.74, 6) is -1.67. The quantitative estimate of drug-likeness (QED) is 0.882. The third-order valence-electron chi connectivity index (χ3n) is 4.47. The van der Waals surface area contributed by atoms with E-state index in [1.54, 1.807) is 40.0 Å². The van der Waals surface area contributed by atoms with E-state index in [0.29, 0.717) is 28.6 Å². The SMILES string of the molecule is CC1CCC(C(=O)O)CN1C(=O)c1ccn(-c2ccc(Cl)c(Cl)c2)n1. The third kappa shape index (κ3) is 3.65. The lowest BCUT2D eigenvalue weighted by atomic mass is 9.93. The average molecular weight is 382 g/mol. The number of hydrogen-bond donors (Lipinski definition) is 1. The summed E-state index contributed by atoms with van der Waals surface area (Å²) in [6.45, 7) is 2.13. The van der Waals surface area contributed by atoms with E-state index in [-0.39, 0.29) is 24.2 Å². The molecule has 1 aromatic carbocycles. The number of benzene rings is 1. The van der Waals surface area contributed by atoms with Gasteiger partial charge in [0.15, 0.2) is 5.69 Å². The van der Waals surface area contributed by atoms with Crippen molar-refractivity contribution in [2.45, 2.75) is 25.8 Å². The molecule has 1 aromatic heterocycles. The van der Waals surface area contributed by atoms with Crippen LogP contribution in [-0.4, -0.2) is 44.3 Å². The van der Waals surface area contributed by atoms with Crippen LogP contribution in [0.4, 0.5) is 0 Å². The minimum absolute atomic E-state index is 0.0155. The summed E-state index contributed by atoms with van der Waals surface area (Å²) in [5, 5.41) is 14.4. The number of amides is 1. The Hall–Kier alpha value is -2.05. The molecule has 0 saturated carbocycles. The number of hydrogen-bond acceptors (Lipinski definition) is 3. The average Bonchev–Trinajstić information content (AvgIpc) is 3.07. The van der Waals surface area contributed by atoms with E-state index < -0.39 is 11.9 Å². The molecule has 25 heavy (non-hydrogen) atoms. The fourth-order valence-electron chi connectivity index (χ4n) is 2.95. The summed E-state index contributed by atoms with van der Waals surface area (Å²) in [6, 6.07) is 6.67. The first kappa shape index (κ1) is 17.8. The predicted octanol–water partition coefficient (Wildman–Crippen LogP) is 3.50. The van der Waals surface area contributed by atoms with Crippen LogP contribution in [-0.2, 0) is 4.79 Å². The first-order valence-electron chi connectivity index (χ1n) is 7.91. The predicted molar refractivity (Wildman–Crippen MR) is 94.4 cm³/mol. The summed E-state index contributed by atoms with van der Waals surface area (Å²) >= 11 is 11.9. The molecule has 1 amide bonds. The number of carboxylic acid groups (broad SMARTS) is 1. The molecule has 0 bridgehead atoms. The monoisotopic (exact) mass is 381 g/mol. The first-order valence-corrected chi connectivity index (χ1v) is 8.67. The smallest absolute Gasteiger partial charge is 0.308 e. The van der Waals surface area contributed by atoms with E-state index in [1.165, 1.54) is 0 Å². The van der Waals surface area contributed by atoms with Crippen LogP contribution in [0.3, 0.4) is 0 Å². The van der Waals surface area contributed by atoms with Crippen LogP contribution in [0.2, 0.25) is 10.0 Å². The Kier molecular flexibility index (Phi) is 5.01. The van der Waals surface area contributed by atoms with Crippen molar-refractivity contribution in [3.8, 4) is 5.69 Å². The lowest BCUT2D eigenvalue weighted by Gasteiger charge is -2.36. The lowest BCUT2D eigenvalue weighted by molar-refractivity contribution is -0.143. The van der Waals surface area contributed by atoms with Gasteiger partial charge in [-0.15, -0.1) is 0 Å². The maximum atomic E-state index is 12.8. The van der Waals surface area contributed by atoms with Gasteiger partial charge in [-0.1, -0.05) is 23.2 Å². The standard InChI is InChI=1S/C17H17Cl2N3O3/c1-10-2-3-11(17(24)25)9-21(10)16(23)15-6-7-22(20-15)12-4-5-13(18)14(19)8-12/h4-8,10-11H,2-3,9H2,1H3,(H,24,25). The molecule has 8 heteroatoms. The van der Waals surface area contributed by atoms with Crippen molar-refractivity contribution in [3.63, 3.8) is 0 Å². The normalized spacial score (nSPS) is 20.5. The highest BCUT2D eigenvalue weighted by molar-refractivity contribution is 6.42. The first-order chi connectivity index (χ1) is 11.9. The van der Waals surface area contributed by atoms with Gasteiger partial charge in [0.05, 0.1) is 21.7 Å². The van der Waals surface area contributed by atoms with Crippen molar-refractivity contribution >= 4 is 35.1 Å². The van der Waals surface area contributed by atoms with Crippen molar-refractivity contribution in [2.75, 3.05) is 6.54 Å². The van der Waals surface area contributed by atoms with Crippen LogP contribution in [0.15, 0.2) is 30.5 Å². The third-order valence-corrected chi connectivity index (χ3v) is 5.21. The Balaban J connectivity index is 1.82. The van der Waals surface area contributed by atoms with Gasteiger partial charge in [0.25, 0.3) is 5.91 Å². The van der Waals surface area contributed by atoms with E-state index in [2.05, 4.69) is 5.10 Å². The van der Waals surface area contributed by atoms with Gasteiger partial charge in [-0.2, -0.15) is 5.10 Å². The molecule has 2 heterocycles. The van der Waals surface area contributed by atoms with E-state index >= 15 is 0 Å². The minimum atomic E-state index is -0.869. The second-order valence-electron chi connectivity index (χ2n) is 6.16. The summed E-state index contributed by atoms with van der Waals surface area (Å²) in [7, 11) is 0. The molecule has 2 aromatic rings. The van der Waals surface area contributed by atoms with E-state index in [9.17, 15) is 14.7 Å². The van der Waals surface area contributed by atoms with Gasteiger partial charge in [-0.05, 0) is 44.0 Å². The number of halogens is 2. The van der Waals surface area contributed by atoms with E-state index in [4.69, 9.17) is 23.2 Å². The summed E-state index contributed by atoms with van der Waals surface area (Å²) in [4.78, 5) is 25.6. The molecule has 6 nitrogen and oxygen atoms in total. The number of aromatic nitrogens is 2. The largest absolute Gasteiger partial charge is 0.481 e. The molecule has 0 radical (unpaired) electrons. The highest BCUT2D eigenvalue weighted by Crippen LogP contribution is 2.26. The molecule has 0 spiro atoms. The molecule has 1 aliphatic heterocycles. The molecule has 1 N–H and O–H groups in total. The Morgan fingerprint density at radius 1 is 1.20 bits per heavy atom. The zero-order valence-corrected chi connectivity index (χ0v) is 15.0. The Morgan fingerprint density at radius 3 is 2.64 bits per heavy atom. The van der Waals surface area contributed by atoms with Gasteiger partial charge in [0.1, 0.15) is 0 Å². The van der Waals surface area contributed by atoms with Crippen molar-refractivity contribution in [1.29, 1.82) is 0 Å². The van der Waals surface area contributed by atoms with Gasteiger partial charge in [-0.25, -0.2) is 4.68 Å². The maximum Gasteiger partial charge on any atom is 0.308 e. The highest BCUT2D eigenvalue weighted by atomic mass is 35.5. The zero-order valence-electron chi connectivity index (χ0n) is 13.5. The number of carbonyl (C=O) groups excluding carboxylic acids is 1. The fraction of sp³-hybridized carbons (Fsp3) is 0.353. The van der Waals surface area contributed by atoms with Gasteiger partial charge >= 0.3 is 5.97 Å². The molecule has 2 atom stereocenters. The van der Waals surface area contributed by atoms with Crippen LogP contribution < -0.4 is 0 Å². The Morgan fingerprint density at radius 2 is 1.96 bits per heavy atom. The van der Waals surface area contributed by atoms with E-state index in [1.807, 2.05) is 6.92 Å². The van der Waals surface area contributed by atoms with Gasteiger partial charge in [-0.3, -0.25) is 9.59 Å². The number of rotatable bonds is 3. The zero-order chi connectivity index (χ0) is 18.1. The minimum Gasteiger partial charge on any atom is -0.481 e. The molecule has 1 aliphatic rings. The summed E-state index contributed by atoms with van der Waals surface area (Å²) in [6.07, 6.45) is 2.91. The van der Waals surface area contributed by atoms with Crippen molar-refractivity contribution in [3.05, 3.63) is 46.2 Å². The van der Waals surface area contributed by atoms with Crippen LogP contribution >= 0.6 is 23.2 Å². The number of carboxylic acids is 1. The molecule has 1 saturated heterocycles. The number of carbonyl (C=O) groups is 2. The molecule has 1 fully saturated rings. The molecular weight excluding hydrogens is 365 g/mol. The Labute approximate surface area is 154 Å².